The molecule has 0 spiro atoms. The van der Waals surface area contributed by atoms with E-state index in [1.54, 1.807) is 17.8 Å². The summed E-state index contributed by atoms with van der Waals surface area (Å²) in [6.07, 6.45) is -4.57. The lowest BCUT2D eigenvalue weighted by Crippen LogP contribution is -2.05. The first-order valence-electron chi connectivity index (χ1n) is 7.34. The lowest BCUT2D eigenvalue weighted by Gasteiger charge is -2.08. The zero-order valence-electron chi connectivity index (χ0n) is 13.4. The van der Waals surface area contributed by atoms with Crippen LogP contribution in [0.1, 0.15) is 11.3 Å². The van der Waals surface area contributed by atoms with Gasteiger partial charge >= 0.3 is 6.18 Å². The first kappa shape index (κ1) is 16.6. The summed E-state index contributed by atoms with van der Waals surface area (Å²) in [6, 6.07) is 4.00. The maximum absolute atomic E-state index is 14.1. The fourth-order valence-electron chi connectivity index (χ4n) is 2.57. The van der Waals surface area contributed by atoms with Gasteiger partial charge in [-0.3, -0.25) is 4.68 Å². The average molecular weight is 382 g/mol. The van der Waals surface area contributed by atoms with Crippen LogP contribution in [-0.2, 0) is 13.2 Å². The predicted molar refractivity (Wildman–Crippen MR) is 86.0 cm³/mol. The molecule has 0 amide bonds. The van der Waals surface area contributed by atoms with Crippen LogP contribution in [0.5, 0.6) is 0 Å². The number of alkyl halides is 3. The van der Waals surface area contributed by atoms with Gasteiger partial charge in [0, 0.05) is 12.6 Å². The van der Waals surface area contributed by atoms with Crippen molar-refractivity contribution in [3.63, 3.8) is 0 Å². The Morgan fingerprint density at radius 2 is 1.85 bits per heavy atom. The van der Waals surface area contributed by atoms with Gasteiger partial charge < -0.3 is 0 Å². The van der Waals surface area contributed by atoms with Crippen LogP contribution in [-0.4, -0.2) is 29.6 Å². The first-order valence-corrected chi connectivity index (χ1v) is 8.16. The van der Waals surface area contributed by atoms with Crippen molar-refractivity contribution in [3.05, 3.63) is 41.3 Å². The van der Waals surface area contributed by atoms with Gasteiger partial charge in [0.1, 0.15) is 11.5 Å². The van der Waals surface area contributed by atoms with E-state index in [1.165, 1.54) is 4.52 Å². The molecule has 0 aliphatic rings. The molecule has 0 bridgehead atoms. The summed E-state index contributed by atoms with van der Waals surface area (Å²) in [4.78, 5) is 0.339. The average Bonchev–Trinajstić information content (AvgIpc) is 3.20. The minimum Gasteiger partial charge on any atom is -0.264 e. The van der Waals surface area contributed by atoms with Crippen molar-refractivity contribution in [1.29, 1.82) is 0 Å². The van der Waals surface area contributed by atoms with E-state index in [-0.39, 0.29) is 10.6 Å². The monoisotopic (exact) mass is 382 g/mol. The van der Waals surface area contributed by atoms with E-state index >= 15 is 0 Å². The van der Waals surface area contributed by atoms with E-state index in [4.69, 9.17) is 0 Å². The van der Waals surface area contributed by atoms with Gasteiger partial charge in [-0.15, -0.1) is 10.2 Å². The van der Waals surface area contributed by atoms with E-state index in [0.717, 1.165) is 29.2 Å². The number of aromatic nitrogens is 6. The van der Waals surface area contributed by atoms with Gasteiger partial charge in [0.25, 0.3) is 0 Å². The second-order valence-electron chi connectivity index (χ2n) is 5.61. The van der Waals surface area contributed by atoms with E-state index in [0.29, 0.717) is 22.5 Å². The summed E-state index contributed by atoms with van der Waals surface area (Å²) >= 11 is 0.953. The molecule has 3 aromatic heterocycles. The van der Waals surface area contributed by atoms with Gasteiger partial charge in [0.2, 0.25) is 10.8 Å². The summed E-state index contributed by atoms with van der Waals surface area (Å²) in [5.74, 6) is -0.418. The molecule has 0 atom stereocenters. The maximum atomic E-state index is 14.1. The van der Waals surface area contributed by atoms with Crippen molar-refractivity contribution in [2.45, 2.75) is 13.1 Å². The standard InChI is InChI=1S/C15H10F4N6S/c1-7-5-11(24(2)22-7)12-20-21-14-25(12)23-13(26-14)9-6-8(15(17,18)19)3-4-10(9)16/h3-6H,1-2H3. The van der Waals surface area contributed by atoms with Crippen molar-refractivity contribution in [3.8, 4) is 22.1 Å². The highest BCUT2D eigenvalue weighted by Gasteiger charge is 2.31. The highest BCUT2D eigenvalue weighted by molar-refractivity contribution is 7.19. The third-order valence-corrected chi connectivity index (χ3v) is 4.68. The number of nitrogens with zero attached hydrogens (tertiary/aromatic N) is 6. The molecule has 26 heavy (non-hydrogen) atoms. The minimum absolute atomic E-state index is 0.0821. The van der Waals surface area contributed by atoms with Crippen LogP contribution in [0.15, 0.2) is 24.3 Å². The molecule has 0 saturated carbocycles. The molecule has 11 heteroatoms. The van der Waals surface area contributed by atoms with Crippen LogP contribution in [0, 0.1) is 12.7 Å². The van der Waals surface area contributed by atoms with Gasteiger partial charge in [0.05, 0.1) is 11.3 Å². The molecule has 0 saturated heterocycles. The highest BCUT2D eigenvalue weighted by atomic mass is 32.1. The lowest BCUT2D eigenvalue weighted by atomic mass is 10.1. The van der Waals surface area contributed by atoms with Crippen LogP contribution in [0.4, 0.5) is 17.6 Å². The summed E-state index contributed by atoms with van der Waals surface area (Å²) in [5.41, 5.74) is 0.222. The number of benzene rings is 1. The summed E-state index contributed by atoms with van der Waals surface area (Å²) in [7, 11) is 1.73. The Morgan fingerprint density at radius 3 is 2.50 bits per heavy atom. The van der Waals surface area contributed by atoms with Gasteiger partial charge in [-0.1, -0.05) is 11.3 Å². The van der Waals surface area contributed by atoms with Crippen molar-refractivity contribution in [2.75, 3.05) is 0 Å². The Labute approximate surface area is 147 Å². The van der Waals surface area contributed by atoms with Crippen molar-refractivity contribution >= 4 is 16.3 Å². The largest absolute Gasteiger partial charge is 0.416 e. The molecule has 1 aromatic carbocycles. The summed E-state index contributed by atoms with van der Waals surface area (Å²) < 4.78 is 55.8. The zero-order chi connectivity index (χ0) is 18.6. The van der Waals surface area contributed by atoms with Crippen molar-refractivity contribution in [2.24, 2.45) is 7.05 Å². The highest BCUT2D eigenvalue weighted by Crippen LogP contribution is 2.35. The second kappa shape index (κ2) is 5.59. The second-order valence-corrected chi connectivity index (χ2v) is 6.57. The third kappa shape index (κ3) is 2.64. The number of hydrogen-bond donors (Lipinski definition) is 0. The SMILES string of the molecule is Cc1cc(-c2nnc3sc(-c4cc(C(F)(F)F)ccc4F)nn23)n(C)n1. The van der Waals surface area contributed by atoms with Crippen LogP contribution in [0.2, 0.25) is 0 Å². The van der Waals surface area contributed by atoms with E-state index < -0.39 is 17.6 Å². The molecule has 6 nitrogen and oxygen atoms in total. The molecule has 0 fully saturated rings. The number of halogens is 4. The molecule has 4 rings (SSSR count). The van der Waals surface area contributed by atoms with Crippen molar-refractivity contribution < 1.29 is 17.6 Å². The van der Waals surface area contributed by atoms with Crippen LogP contribution in [0.3, 0.4) is 0 Å². The Bertz CT molecular complexity index is 1120. The molecular formula is C15H10F4N6S. The fourth-order valence-corrected chi connectivity index (χ4v) is 3.43. The quantitative estimate of drug-likeness (QED) is 0.496. The van der Waals surface area contributed by atoms with Crippen LogP contribution >= 0.6 is 11.3 Å². The number of hydrogen-bond acceptors (Lipinski definition) is 5. The molecule has 3 heterocycles. The van der Waals surface area contributed by atoms with Gasteiger partial charge in [-0.2, -0.15) is 27.9 Å². The number of fused-ring (bicyclic) bond motifs is 1. The topological polar surface area (TPSA) is 60.9 Å². The smallest absolute Gasteiger partial charge is 0.264 e. The molecule has 134 valence electrons. The Kier molecular flexibility index (Phi) is 3.58. The van der Waals surface area contributed by atoms with Gasteiger partial charge in [-0.05, 0) is 31.2 Å². The van der Waals surface area contributed by atoms with E-state index in [9.17, 15) is 17.6 Å². The molecule has 0 aliphatic heterocycles. The van der Waals surface area contributed by atoms with Gasteiger partial charge in [-0.25, -0.2) is 4.39 Å². The molecule has 0 aliphatic carbocycles. The molecular weight excluding hydrogens is 372 g/mol. The molecule has 0 unspecified atom stereocenters. The van der Waals surface area contributed by atoms with Crippen molar-refractivity contribution in [1.82, 2.24) is 29.6 Å². The maximum Gasteiger partial charge on any atom is 0.416 e. The number of aryl methyl sites for hydroxylation is 2. The Balaban J connectivity index is 1.86. The van der Waals surface area contributed by atoms with E-state index in [1.807, 2.05) is 6.92 Å². The fraction of sp³-hybridized carbons (Fsp3) is 0.200. The first-order chi connectivity index (χ1) is 12.2. The molecule has 0 radical (unpaired) electrons. The molecule has 4 aromatic rings. The van der Waals surface area contributed by atoms with Gasteiger partial charge in [0.15, 0.2) is 5.01 Å². The summed E-state index contributed by atoms with van der Waals surface area (Å²) in [6.45, 7) is 1.81. The van der Waals surface area contributed by atoms with Crippen LogP contribution < -0.4 is 0 Å². The normalized spacial score (nSPS) is 12.2. The summed E-state index contributed by atoms with van der Waals surface area (Å²) in [5, 5.41) is 16.5. The third-order valence-electron chi connectivity index (χ3n) is 3.75. The van der Waals surface area contributed by atoms with E-state index in [2.05, 4.69) is 20.4 Å². The zero-order valence-corrected chi connectivity index (χ0v) is 14.2. The molecule has 0 N–H and O–H groups in total. The number of rotatable bonds is 2. The predicted octanol–water partition coefficient (Wildman–Crippen LogP) is 3.72. The lowest BCUT2D eigenvalue weighted by molar-refractivity contribution is -0.137. The Hall–Kier alpha value is -2.82. The van der Waals surface area contributed by atoms with Crippen LogP contribution in [0.25, 0.3) is 27.1 Å². The minimum atomic E-state index is -4.57. The Morgan fingerprint density at radius 1 is 1.08 bits per heavy atom.